The van der Waals surface area contributed by atoms with Gasteiger partial charge in [-0.2, -0.15) is 0 Å². The summed E-state index contributed by atoms with van der Waals surface area (Å²) in [6.07, 6.45) is 7.65. The summed E-state index contributed by atoms with van der Waals surface area (Å²) in [4.78, 5) is 15.2. The Kier molecular flexibility index (Phi) is 3.18. The zero-order chi connectivity index (χ0) is 14.2. The number of allylic oxidation sites excluding steroid dienone is 1. The van der Waals surface area contributed by atoms with Crippen molar-refractivity contribution in [3.8, 4) is 0 Å². The normalized spacial score (nSPS) is 17.5. The van der Waals surface area contributed by atoms with Gasteiger partial charge < -0.3 is 9.88 Å². The van der Waals surface area contributed by atoms with Gasteiger partial charge in [-0.15, -0.1) is 0 Å². The molecule has 4 heteroatoms. The number of hydrogen-bond acceptors (Lipinski definition) is 3. The molecule has 0 spiro atoms. The number of fused-ring (bicyclic) bond motifs is 1. The first kappa shape index (κ1) is 13.1. The van der Waals surface area contributed by atoms with E-state index in [1.165, 1.54) is 12.5 Å². The zero-order valence-corrected chi connectivity index (χ0v) is 11.9. The first-order chi connectivity index (χ1) is 9.70. The van der Waals surface area contributed by atoms with Crippen molar-refractivity contribution < 1.29 is 4.79 Å². The molecule has 1 aliphatic rings. The summed E-state index contributed by atoms with van der Waals surface area (Å²) >= 11 is 0. The molecule has 0 unspecified atom stereocenters. The Balaban J connectivity index is 2.10. The number of rotatable bonds is 4. The SMILES string of the molecule is CNC1(c2nc3ccc(/C=C/C=O)cc3n2C)CCC1. The van der Waals surface area contributed by atoms with Crippen molar-refractivity contribution in [2.24, 2.45) is 7.05 Å². The Bertz CT molecular complexity index is 675. The summed E-state index contributed by atoms with van der Waals surface area (Å²) in [5, 5.41) is 3.44. The number of aldehydes is 1. The molecule has 0 radical (unpaired) electrons. The van der Waals surface area contributed by atoms with E-state index >= 15 is 0 Å². The van der Waals surface area contributed by atoms with Crippen LogP contribution in [0.25, 0.3) is 17.1 Å². The standard InChI is InChI=1S/C16H19N3O/c1-17-16(8-4-9-16)15-18-13-7-6-12(5-3-10-20)11-14(13)19(15)2/h3,5-7,10-11,17H,4,8-9H2,1-2H3/b5-3+. The Morgan fingerprint density at radius 2 is 2.20 bits per heavy atom. The molecule has 1 aromatic heterocycles. The maximum absolute atomic E-state index is 10.4. The molecule has 4 nitrogen and oxygen atoms in total. The van der Waals surface area contributed by atoms with E-state index in [4.69, 9.17) is 4.98 Å². The van der Waals surface area contributed by atoms with E-state index in [1.807, 2.05) is 25.3 Å². The molecular formula is C16H19N3O. The van der Waals surface area contributed by atoms with E-state index in [2.05, 4.69) is 23.0 Å². The molecule has 104 valence electrons. The van der Waals surface area contributed by atoms with Gasteiger partial charge in [0.25, 0.3) is 0 Å². The van der Waals surface area contributed by atoms with Crippen LogP contribution in [0.15, 0.2) is 24.3 Å². The number of nitrogens with zero attached hydrogens (tertiary/aromatic N) is 2. The van der Waals surface area contributed by atoms with Gasteiger partial charge in [-0.3, -0.25) is 4.79 Å². The number of aryl methyl sites for hydroxylation is 1. The first-order valence-corrected chi connectivity index (χ1v) is 6.98. The highest BCUT2D eigenvalue weighted by Gasteiger charge is 2.40. The maximum atomic E-state index is 10.4. The molecule has 1 aromatic carbocycles. The molecule has 0 amide bonds. The number of carbonyl (C=O) groups excluding carboxylic acids is 1. The topological polar surface area (TPSA) is 46.9 Å². The van der Waals surface area contributed by atoms with Crippen LogP contribution in [-0.2, 0) is 17.4 Å². The van der Waals surface area contributed by atoms with Crippen molar-refractivity contribution in [2.75, 3.05) is 7.05 Å². The zero-order valence-electron chi connectivity index (χ0n) is 11.9. The smallest absolute Gasteiger partial charge is 0.142 e. The van der Waals surface area contributed by atoms with Crippen LogP contribution in [0.2, 0.25) is 0 Å². The number of nitrogens with one attached hydrogen (secondary N) is 1. The second kappa shape index (κ2) is 4.87. The summed E-state index contributed by atoms with van der Waals surface area (Å²) in [6.45, 7) is 0. The molecule has 20 heavy (non-hydrogen) atoms. The molecule has 1 heterocycles. The lowest BCUT2D eigenvalue weighted by molar-refractivity contribution is -0.104. The molecule has 3 rings (SSSR count). The van der Waals surface area contributed by atoms with Gasteiger partial charge in [0.1, 0.15) is 12.1 Å². The molecule has 0 saturated heterocycles. The van der Waals surface area contributed by atoms with E-state index in [0.717, 1.165) is 41.5 Å². The van der Waals surface area contributed by atoms with Crippen molar-refractivity contribution in [1.29, 1.82) is 0 Å². The minimum absolute atomic E-state index is 0.0343. The largest absolute Gasteiger partial charge is 0.330 e. The Hall–Kier alpha value is -1.94. The number of imidazole rings is 1. The third kappa shape index (κ3) is 1.88. The third-order valence-electron chi connectivity index (χ3n) is 4.39. The van der Waals surface area contributed by atoms with Gasteiger partial charge in [0, 0.05) is 7.05 Å². The predicted octanol–water partition coefficient (Wildman–Crippen LogP) is 2.38. The van der Waals surface area contributed by atoms with Crippen molar-refractivity contribution in [3.05, 3.63) is 35.7 Å². The quantitative estimate of drug-likeness (QED) is 0.685. The molecule has 0 atom stereocenters. The molecule has 0 bridgehead atoms. The van der Waals surface area contributed by atoms with Gasteiger partial charge in [0.05, 0.1) is 16.6 Å². The van der Waals surface area contributed by atoms with Crippen LogP contribution in [0.4, 0.5) is 0 Å². The highest BCUT2D eigenvalue weighted by atomic mass is 16.1. The summed E-state index contributed by atoms with van der Waals surface area (Å²) in [5.41, 5.74) is 3.17. The van der Waals surface area contributed by atoms with E-state index in [-0.39, 0.29) is 5.54 Å². The van der Waals surface area contributed by atoms with Crippen LogP contribution < -0.4 is 5.32 Å². The van der Waals surface area contributed by atoms with Crippen molar-refractivity contribution in [1.82, 2.24) is 14.9 Å². The number of benzene rings is 1. The van der Waals surface area contributed by atoms with Gasteiger partial charge in [-0.1, -0.05) is 12.1 Å². The van der Waals surface area contributed by atoms with Gasteiger partial charge >= 0.3 is 0 Å². The first-order valence-electron chi connectivity index (χ1n) is 6.98. The van der Waals surface area contributed by atoms with Gasteiger partial charge in [0.15, 0.2) is 0 Å². The van der Waals surface area contributed by atoms with Crippen molar-refractivity contribution in [3.63, 3.8) is 0 Å². The molecule has 2 aromatic rings. The van der Waals surface area contributed by atoms with Crippen LogP contribution in [0.3, 0.4) is 0 Å². The van der Waals surface area contributed by atoms with Crippen LogP contribution >= 0.6 is 0 Å². The minimum atomic E-state index is 0.0343. The van der Waals surface area contributed by atoms with Crippen molar-refractivity contribution >= 4 is 23.4 Å². The lowest BCUT2D eigenvalue weighted by Gasteiger charge is -2.40. The fraction of sp³-hybridized carbons (Fsp3) is 0.375. The summed E-state index contributed by atoms with van der Waals surface area (Å²) in [6, 6.07) is 6.09. The number of hydrogen-bond donors (Lipinski definition) is 1. The Morgan fingerprint density at radius 3 is 2.80 bits per heavy atom. The lowest BCUT2D eigenvalue weighted by Crippen LogP contribution is -2.47. The predicted molar refractivity (Wildman–Crippen MR) is 80.4 cm³/mol. The Labute approximate surface area is 118 Å². The van der Waals surface area contributed by atoms with Crippen LogP contribution in [0.1, 0.15) is 30.7 Å². The monoisotopic (exact) mass is 269 g/mol. The van der Waals surface area contributed by atoms with Gasteiger partial charge in [-0.05, 0) is 50.1 Å². The summed E-state index contributed by atoms with van der Waals surface area (Å²) in [7, 11) is 4.08. The number of aromatic nitrogens is 2. The molecule has 1 aliphatic carbocycles. The van der Waals surface area contributed by atoms with E-state index < -0.39 is 0 Å². The average molecular weight is 269 g/mol. The molecule has 0 aliphatic heterocycles. The summed E-state index contributed by atoms with van der Waals surface area (Å²) in [5.74, 6) is 1.11. The number of carbonyl (C=O) groups is 1. The van der Waals surface area contributed by atoms with Crippen LogP contribution in [0.5, 0.6) is 0 Å². The Morgan fingerprint density at radius 1 is 1.40 bits per heavy atom. The van der Waals surface area contributed by atoms with Gasteiger partial charge in [0.2, 0.25) is 0 Å². The molecule has 1 N–H and O–H groups in total. The van der Waals surface area contributed by atoms with E-state index in [9.17, 15) is 4.79 Å². The van der Waals surface area contributed by atoms with Crippen molar-refractivity contribution in [2.45, 2.75) is 24.8 Å². The highest BCUT2D eigenvalue weighted by Crippen LogP contribution is 2.41. The van der Waals surface area contributed by atoms with E-state index in [1.54, 1.807) is 0 Å². The van der Waals surface area contributed by atoms with Gasteiger partial charge in [-0.25, -0.2) is 4.98 Å². The van der Waals surface area contributed by atoms with Crippen LogP contribution in [-0.4, -0.2) is 22.9 Å². The fourth-order valence-electron chi connectivity index (χ4n) is 3.00. The molecule has 1 fully saturated rings. The average Bonchev–Trinajstić information content (AvgIpc) is 2.74. The van der Waals surface area contributed by atoms with E-state index in [0.29, 0.717) is 0 Å². The second-order valence-corrected chi connectivity index (χ2v) is 5.42. The van der Waals surface area contributed by atoms with Crippen LogP contribution in [0, 0.1) is 0 Å². The summed E-state index contributed by atoms with van der Waals surface area (Å²) < 4.78 is 2.17. The third-order valence-corrected chi connectivity index (χ3v) is 4.39. The maximum Gasteiger partial charge on any atom is 0.142 e. The lowest BCUT2D eigenvalue weighted by atomic mass is 9.76. The molecular weight excluding hydrogens is 250 g/mol. The fourth-order valence-corrected chi connectivity index (χ4v) is 3.00. The second-order valence-electron chi connectivity index (χ2n) is 5.42. The highest BCUT2D eigenvalue weighted by molar-refractivity contribution is 5.81. The molecule has 1 saturated carbocycles. The minimum Gasteiger partial charge on any atom is -0.330 e.